The molecule has 1 aliphatic heterocycles. The number of carbonyl (C=O) groups is 1. The molecule has 0 aliphatic carbocycles. The van der Waals surface area contributed by atoms with Crippen molar-refractivity contribution < 1.29 is 9.90 Å². The molecule has 1 aliphatic rings. The van der Waals surface area contributed by atoms with E-state index in [1.165, 1.54) is 23.8 Å². The fourth-order valence-corrected chi connectivity index (χ4v) is 4.79. The lowest BCUT2D eigenvalue weighted by atomic mass is 9.86. The molecule has 4 rings (SSSR count). The van der Waals surface area contributed by atoms with E-state index in [0.717, 1.165) is 61.2 Å². The third-order valence-electron chi connectivity index (χ3n) is 6.10. The standard InChI is InChI=1S/C24H29N3O2/c1-3-5-8-16(7-4-2)21-18-11-10-17(24(28)29)15-20(18)27-14-6-9-19-22(23(21)27)26-13-12-25-19/h10-13,15-16H,3-9,14H2,1-2H3,(H,28,29). The second-order valence-electron chi connectivity index (χ2n) is 8.03. The van der Waals surface area contributed by atoms with Gasteiger partial charge in [0.25, 0.3) is 0 Å². The summed E-state index contributed by atoms with van der Waals surface area (Å²) in [5, 5.41) is 10.7. The average Bonchev–Trinajstić information content (AvgIpc) is 2.92. The number of benzene rings is 1. The molecule has 0 bridgehead atoms. The van der Waals surface area contributed by atoms with Gasteiger partial charge in [-0.2, -0.15) is 0 Å². The van der Waals surface area contributed by atoms with Crippen LogP contribution >= 0.6 is 0 Å². The molecule has 1 N–H and O–H groups in total. The predicted octanol–water partition coefficient (Wildman–Crippen LogP) is 5.82. The zero-order chi connectivity index (χ0) is 20.4. The van der Waals surface area contributed by atoms with E-state index in [1.54, 1.807) is 18.5 Å². The van der Waals surface area contributed by atoms with Crippen LogP contribution in [0.2, 0.25) is 0 Å². The van der Waals surface area contributed by atoms with E-state index >= 15 is 0 Å². The lowest BCUT2D eigenvalue weighted by molar-refractivity contribution is 0.0697. The van der Waals surface area contributed by atoms with Gasteiger partial charge in [0.05, 0.1) is 17.0 Å². The molecule has 5 heteroatoms. The van der Waals surface area contributed by atoms with Crippen molar-refractivity contribution in [1.29, 1.82) is 0 Å². The van der Waals surface area contributed by atoms with Crippen LogP contribution in [0.25, 0.3) is 22.3 Å². The van der Waals surface area contributed by atoms with Gasteiger partial charge in [-0.05, 0) is 49.3 Å². The van der Waals surface area contributed by atoms with Crippen molar-refractivity contribution in [3.8, 4) is 11.4 Å². The van der Waals surface area contributed by atoms with Gasteiger partial charge in [-0.3, -0.25) is 9.97 Å². The minimum atomic E-state index is -0.881. The molecule has 152 valence electrons. The molecule has 1 aromatic carbocycles. The largest absolute Gasteiger partial charge is 0.478 e. The maximum absolute atomic E-state index is 11.6. The summed E-state index contributed by atoms with van der Waals surface area (Å²) in [4.78, 5) is 21.0. The lowest BCUT2D eigenvalue weighted by Gasteiger charge is -2.19. The van der Waals surface area contributed by atoms with Crippen molar-refractivity contribution in [3.05, 3.63) is 47.4 Å². The Bertz CT molecular complexity index is 1040. The summed E-state index contributed by atoms with van der Waals surface area (Å²) in [5.74, 6) is -0.434. The molecule has 0 radical (unpaired) electrons. The van der Waals surface area contributed by atoms with Crippen LogP contribution in [-0.2, 0) is 13.0 Å². The van der Waals surface area contributed by atoms with Gasteiger partial charge < -0.3 is 9.67 Å². The predicted molar refractivity (Wildman–Crippen MR) is 115 cm³/mol. The van der Waals surface area contributed by atoms with E-state index in [9.17, 15) is 9.90 Å². The Balaban J connectivity index is 2.03. The number of aromatic carboxylic acids is 1. The van der Waals surface area contributed by atoms with Gasteiger partial charge >= 0.3 is 5.97 Å². The molecule has 0 fully saturated rings. The van der Waals surface area contributed by atoms with Crippen molar-refractivity contribution in [2.24, 2.45) is 0 Å². The molecule has 0 saturated heterocycles. The van der Waals surface area contributed by atoms with Crippen molar-refractivity contribution >= 4 is 16.9 Å². The van der Waals surface area contributed by atoms with Crippen LogP contribution < -0.4 is 0 Å². The first-order valence-electron chi connectivity index (χ1n) is 10.8. The van der Waals surface area contributed by atoms with E-state index in [-0.39, 0.29) is 0 Å². The molecule has 1 unspecified atom stereocenters. The summed E-state index contributed by atoms with van der Waals surface area (Å²) in [6.45, 7) is 5.34. The Labute approximate surface area is 171 Å². The second-order valence-corrected chi connectivity index (χ2v) is 8.03. The number of unbranched alkanes of at least 4 members (excludes halogenated alkanes) is 1. The number of aromatic nitrogens is 3. The first-order valence-corrected chi connectivity index (χ1v) is 10.8. The molecular weight excluding hydrogens is 362 g/mol. The minimum Gasteiger partial charge on any atom is -0.478 e. The van der Waals surface area contributed by atoms with Gasteiger partial charge in [-0.1, -0.05) is 39.2 Å². The Morgan fingerprint density at radius 1 is 1.17 bits per heavy atom. The first-order chi connectivity index (χ1) is 14.2. The topological polar surface area (TPSA) is 68.0 Å². The van der Waals surface area contributed by atoms with Crippen molar-refractivity contribution in [3.63, 3.8) is 0 Å². The highest BCUT2D eigenvalue weighted by Crippen LogP contribution is 2.43. The molecule has 29 heavy (non-hydrogen) atoms. The Morgan fingerprint density at radius 3 is 2.76 bits per heavy atom. The third-order valence-corrected chi connectivity index (χ3v) is 6.10. The van der Waals surface area contributed by atoms with E-state index < -0.39 is 5.97 Å². The third kappa shape index (κ3) is 3.54. The van der Waals surface area contributed by atoms with E-state index in [0.29, 0.717) is 11.5 Å². The zero-order valence-electron chi connectivity index (χ0n) is 17.3. The SMILES string of the molecule is CCCCC(CCC)c1c2n(c3cc(C(=O)O)ccc13)CCCc1nccnc1-2. The summed E-state index contributed by atoms with van der Waals surface area (Å²) >= 11 is 0. The van der Waals surface area contributed by atoms with Gasteiger partial charge in [0.2, 0.25) is 0 Å². The average molecular weight is 392 g/mol. The van der Waals surface area contributed by atoms with Gasteiger partial charge in [0.1, 0.15) is 5.69 Å². The Kier molecular flexibility index (Phi) is 5.65. The molecule has 3 heterocycles. The van der Waals surface area contributed by atoms with Gasteiger partial charge in [0, 0.05) is 29.8 Å². The molecule has 0 amide bonds. The minimum absolute atomic E-state index is 0.341. The summed E-state index contributed by atoms with van der Waals surface area (Å²) in [7, 11) is 0. The molecular formula is C24H29N3O2. The van der Waals surface area contributed by atoms with Crippen LogP contribution in [0.5, 0.6) is 0 Å². The van der Waals surface area contributed by atoms with Crippen LogP contribution in [-0.4, -0.2) is 25.6 Å². The quantitative estimate of drug-likeness (QED) is 0.551. The summed E-state index contributed by atoms with van der Waals surface area (Å²) < 4.78 is 2.31. The normalized spacial score (nSPS) is 14.3. The first kappa shape index (κ1) is 19.6. The summed E-state index contributed by atoms with van der Waals surface area (Å²) in [6, 6.07) is 5.60. The smallest absolute Gasteiger partial charge is 0.335 e. The van der Waals surface area contributed by atoms with Crippen LogP contribution in [0.3, 0.4) is 0 Å². The molecule has 1 atom stereocenters. The van der Waals surface area contributed by atoms with Gasteiger partial charge in [0.15, 0.2) is 0 Å². The number of carboxylic acids is 1. The Morgan fingerprint density at radius 2 is 2.00 bits per heavy atom. The van der Waals surface area contributed by atoms with E-state index in [2.05, 4.69) is 23.4 Å². The van der Waals surface area contributed by atoms with Crippen LogP contribution in [0.15, 0.2) is 30.6 Å². The number of carboxylic acid groups (broad SMARTS) is 1. The number of aryl methyl sites for hydroxylation is 2. The Hall–Kier alpha value is -2.69. The van der Waals surface area contributed by atoms with Crippen LogP contribution in [0.1, 0.15) is 79.9 Å². The highest BCUT2D eigenvalue weighted by molar-refractivity contribution is 5.98. The van der Waals surface area contributed by atoms with Crippen molar-refractivity contribution in [1.82, 2.24) is 14.5 Å². The number of rotatable bonds is 7. The maximum atomic E-state index is 11.6. The maximum Gasteiger partial charge on any atom is 0.335 e. The summed E-state index contributed by atoms with van der Waals surface area (Å²) in [6.07, 6.45) is 11.2. The van der Waals surface area contributed by atoms with E-state index in [1.807, 2.05) is 12.1 Å². The van der Waals surface area contributed by atoms with Crippen molar-refractivity contribution in [2.75, 3.05) is 0 Å². The molecule has 0 spiro atoms. The highest BCUT2D eigenvalue weighted by atomic mass is 16.4. The van der Waals surface area contributed by atoms with Crippen LogP contribution in [0.4, 0.5) is 0 Å². The molecule has 3 aromatic rings. The molecule has 2 aromatic heterocycles. The molecule has 5 nitrogen and oxygen atoms in total. The number of fused-ring (bicyclic) bond motifs is 5. The van der Waals surface area contributed by atoms with Gasteiger partial charge in [-0.15, -0.1) is 0 Å². The van der Waals surface area contributed by atoms with Gasteiger partial charge in [-0.25, -0.2) is 4.79 Å². The number of hydrogen-bond acceptors (Lipinski definition) is 3. The number of nitrogens with zero attached hydrogens (tertiary/aromatic N) is 3. The van der Waals surface area contributed by atoms with Crippen molar-refractivity contribution in [2.45, 2.75) is 71.3 Å². The zero-order valence-corrected chi connectivity index (χ0v) is 17.3. The molecule has 0 saturated carbocycles. The monoisotopic (exact) mass is 391 g/mol. The number of hydrogen-bond donors (Lipinski definition) is 1. The fraction of sp³-hybridized carbons (Fsp3) is 0.458. The fourth-order valence-electron chi connectivity index (χ4n) is 4.79. The highest BCUT2D eigenvalue weighted by Gasteiger charge is 2.28. The second kappa shape index (κ2) is 8.36. The lowest BCUT2D eigenvalue weighted by Crippen LogP contribution is -2.05. The summed E-state index contributed by atoms with van der Waals surface area (Å²) in [5.41, 5.74) is 5.90. The van der Waals surface area contributed by atoms with E-state index in [4.69, 9.17) is 4.98 Å². The van der Waals surface area contributed by atoms with Crippen LogP contribution in [0, 0.1) is 0 Å².